The number of rotatable bonds is 8. The number of H-pyrrole nitrogens is 1. The quantitative estimate of drug-likeness (QED) is 0.370. The minimum Gasteiger partial charge on any atom is -0.414 e. The zero-order valence-corrected chi connectivity index (χ0v) is 17.4. The largest absolute Gasteiger partial charge is 0.414 e. The first kappa shape index (κ1) is 20.2. The van der Waals surface area contributed by atoms with Gasteiger partial charge in [-0.1, -0.05) is 55.1 Å². The average molecular weight is 422 g/mol. The van der Waals surface area contributed by atoms with E-state index in [2.05, 4.69) is 33.5 Å². The summed E-state index contributed by atoms with van der Waals surface area (Å²) in [5, 5.41) is 12.5. The molecule has 2 aromatic carbocycles. The monoisotopic (exact) mass is 421 g/mol. The molecular weight excluding hydrogens is 398 g/mol. The maximum atomic E-state index is 12.3. The van der Waals surface area contributed by atoms with Gasteiger partial charge in [-0.05, 0) is 36.1 Å². The van der Waals surface area contributed by atoms with E-state index >= 15 is 0 Å². The Hall–Kier alpha value is -3.10. The number of anilines is 1. The third-order valence-corrected chi connectivity index (χ3v) is 5.67. The molecular formula is C22H23N5O2S. The number of nitrogens with zero attached hydrogens (tertiary/aromatic N) is 2. The topological polar surface area (TPSA) is 110 Å². The van der Waals surface area contributed by atoms with Crippen molar-refractivity contribution in [2.75, 3.05) is 11.1 Å². The number of thioether (sulfide) groups is 1. The third-order valence-electron chi connectivity index (χ3n) is 4.85. The predicted molar refractivity (Wildman–Crippen MR) is 118 cm³/mol. The SMILES string of the molecule is CCc1ccccc1NC(=O)CSc1nnc([C@H](N)Cc2c[nH]c3ccccc23)o1. The lowest BCUT2D eigenvalue weighted by molar-refractivity contribution is -0.113. The van der Waals surface area contributed by atoms with E-state index in [1.54, 1.807) is 0 Å². The standard InChI is InChI=1S/C22H23N5O2S/c1-2-14-7-3-5-9-18(14)25-20(28)13-30-22-27-26-21(29-22)17(23)11-15-12-24-19-10-6-4-8-16(15)19/h3-10,12,17,24H,2,11,13,23H2,1H3,(H,25,28)/t17-/m1/s1. The van der Waals surface area contributed by atoms with Crippen LogP contribution in [0.4, 0.5) is 5.69 Å². The zero-order valence-electron chi connectivity index (χ0n) is 16.6. The number of nitrogens with two attached hydrogens (primary N) is 1. The van der Waals surface area contributed by atoms with Crippen molar-refractivity contribution >= 4 is 34.3 Å². The van der Waals surface area contributed by atoms with Crippen molar-refractivity contribution in [2.45, 2.75) is 31.0 Å². The van der Waals surface area contributed by atoms with E-state index in [0.717, 1.165) is 34.1 Å². The van der Waals surface area contributed by atoms with Gasteiger partial charge in [-0.3, -0.25) is 4.79 Å². The van der Waals surface area contributed by atoms with Gasteiger partial charge >= 0.3 is 0 Å². The van der Waals surface area contributed by atoms with E-state index in [1.807, 2.05) is 48.7 Å². The molecule has 4 N–H and O–H groups in total. The first-order valence-electron chi connectivity index (χ1n) is 9.78. The van der Waals surface area contributed by atoms with Crippen LogP contribution in [-0.2, 0) is 17.6 Å². The van der Waals surface area contributed by atoms with Crippen LogP contribution in [0.25, 0.3) is 10.9 Å². The first-order valence-corrected chi connectivity index (χ1v) is 10.8. The molecule has 0 aliphatic carbocycles. The molecule has 0 bridgehead atoms. The Kier molecular flexibility index (Phi) is 6.15. The number of carbonyl (C=O) groups is 1. The fraction of sp³-hybridized carbons (Fsp3) is 0.227. The molecule has 2 aromatic heterocycles. The van der Waals surface area contributed by atoms with Gasteiger partial charge in [0.1, 0.15) is 0 Å². The highest BCUT2D eigenvalue weighted by Crippen LogP contribution is 2.25. The van der Waals surface area contributed by atoms with Gasteiger partial charge in [0.15, 0.2) is 0 Å². The Bertz CT molecular complexity index is 1150. The van der Waals surface area contributed by atoms with E-state index in [0.29, 0.717) is 17.5 Å². The Morgan fingerprint density at radius 3 is 2.83 bits per heavy atom. The molecule has 2 heterocycles. The molecule has 30 heavy (non-hydrogen) atoms. The summed E-state index contributed by atoms with van der Waals surface area (Å²) in [5.41, 5.74) is 10.4. The van der Waals surface area contributed by atoms with E-state index in [9.17, 15) is 4.79 Å². The second-order valence-electron chi connectivity index (χ2n) is 6.92. The van der Waals surface area contributed by atoms with Gasteiger partial charge in [0, 0.05) is 22.8 Å². The number of amides is 1. The van der Waals surface area contributed by atoms with Gasteiger partial charge in [-0.25, -0.2) is 0 Å². The van der Waals surface area contributed by atoms with Gasteiger partial charge in [0.2, 0.25) is 11.8 Å². The van der Waals surface area contributed by atoms with Crippen LogP contribution >= 0.6 is 11.8 Å². The van der Waals surface area contributed by atoms with Crippen LogP contribution in [0.2, 0.25) is 0 Å². The summed E-state index contributed by atoms with van der Waals surface area (Å²) < 4.78 is 5.68. The summed E-state index contributed by atoms with van der Waals surface area (Å²) in [6.45, 7) is 2.05. The molecule has 0 aliphatic rings. The molecule has 0 saturated carbocycles. The number of fused-ring (bicyclic) bond motifs is 1. The maximum absolute atomic E-state index is 12.3. The Labute approximate surface area is 178 Å². The smallest absolute Gasteiger partial charge is 0.277 e. The summed E-state index contributed by atoms with van der Waals surface area (Å²) in [4.78, 5) is 15.5. The van der Waals surface area contributed by atoms with E-state index in [4.69, 9.17) is 10.2 Å². The molecule has 4 rings (SSSR count). The van der Waals surface area contributed by atoms with Crippen LogP contribution in [0.3, 0.4) is 0 Å². The number of hydrogen-bond donors (Lipinski definition) is 3. The van der Waals surface area contributed by atoms with Crippen LogP contribution in [0, 0.1) is 0 Å². The van der Waals surface area contributed by atoms with Gasteiger partial charge in [-0.2, -0.15) is 0 Å². The Morgan fingerprint density at radius 2 is 1.97 bits per heavy atom. The number of nitrogens with one attached hydrogen (secondary N) is 2. The van der Waals surface area contributed by atoms with Crippen molar-refractivity contribution in [3.63, 3.8) is 0 Å². The number of aromatic amines is 1. The molecule has 8 heteroatoms. The minimum absolute atomic E-state index is 0.122. The molecule has 0 aliphatic heterocycles. The fourth-order valence-corrected chi connectivity index (χ4v) is 3.89. The maximum Gasteiger partial charge on any atom is 0.277 e. The summed E-state index contributed by atoms with van der Waals surface area (Å²) in [7, 11) is 0. The summed E-state index contributed by atoms with van der Waals surface area (Å²) in [6.07, 6.45) is 3.38. The first-order chi connectivity index (χ1) is 14.6. The van der Waals surface area contributed by atoms with Crippen molar-refractivity contribution in [2.24, 2.45) is 5.73 Å². The van der Waals surface area contributed by atoms with Gasteiger partial charge in [0.25, 0.3) is 5.22 Å². The van der Waals surface area contributed by atoms with Gasteiger partial charge in [0.05, 0.1) is 11.8 Å². The third kappa shape index (κ3) is 4.55. The predicted octanol–water partition coefficient (Wildman–Crippen LogP) is 4.09. The second kappa shape index (κ2) is 9.15. The lowest BCUT2D eigenvalue weighted by Gasteiger charge is -2.08. The van der Waals surface area contributed by atoms with Crippen LogP contribution in [0.1, 0.15) is 30.0 Å². The second-order valence-corrected chi connectivity index (χ2v) is 7.85. The van der Waals surface area contributed by atoms with Crippen LogP contribution in [0.15, 0.2) is 64.4 Å². The Balaban J connectivity index is 1.34. The molecule has 0 saturated heterocycles. The van der Waals surface area contributed by atoms with Crippen molar-refractivity contribution in [1.82, 2.24) is 15.2 Å². The summed E-state index contributed by atoms with van der Waals surface area (Å²) in [5.74, 6) is 0.417. The molecule has 7 nitrogen and oxygen atoms in total. The number of benzene rings is 2. The van der Waals surface area contributed by atoms with Crippen molar-refractivity contribution in [1.29, 1.82) is 0 Å². The van der Waals surface area contributed by atoms with Crippen LogP contribution in [0.5, 0.6) is 0 Å². The van der Waals surface area contributed by atoms with E-state index in [1.165, 1.54) is 11.8 Å². The fourth-order valence-electron chi connectivity index (χ4n) is 3.32. The summed E-state index contributed by atoms with van der Waals surface area (Å²) >= 11 is 1.20. The van der Waals surface area contributed by atoms with Crippen LogP contribution < -0.4 is 11.1 Å². The van der Waals surface area contributed by atoms with E-state index in [-0.39, 0.29) is 11.7 Å². The van der Waals surface area contributed by atoms with Crippen molar-refractivity contribution in [3.8, 4) is 0 Å². The molecule has 1 amide bonds. The number of aryl methyl sites for hydroxylation is 1. The average Bonchev–Trinajstić information content (AvgIpc) is 3.40. The van der Waals surface area contributed by atoms with Crippen molar-refractivity contribution < 1.29 is 9.21 Å². The highest BCUT2D eigenvalue weighted by molar-refractivity contribution is 7.99. The molecule has 0 radical (unpaired) electrons. The number of carbonyl (C=O) groups excluding carboxylic acids is 1. The summed E-state index contributed by atoms with van der Waals surface area (Å²) in [6, 6.07) is 15.4. The van der Waals surface area contributed by atoms with Gasteiger partial charge < -0.3 is 20.5 Å². The molecule has 154 valence electrons. The lowest BCUT2D eigenvalue weighted by atomic mass is 10.1. The highest BCUT2D eigenvalue weighted by Gasteiger charge is 2.18. The molecule has 0 spiro atoms. The minimum atomic E-state index is -0.420. The Morgan fingerprint density at radius 1 is 1.17 bits per heavy atom. The lowest BCUT2D eigenvalue weighted by Crippen LogP contribution is -2.15. The highest BCUT2D eigenvalue weighted by atomic mass is 32.2. The number of hydrogen-bond acceptors (Lipinski definition) is 6. The molecule has 1 atom stereocenters. The van der Waals surface area contributed by atoms with E-state index < -0.39 is 6.04 Å². The molecule has 4 aromatic rings. The van der Waals surface area contributed by atoms with Crippen LogP contribution in [-0.4, -0.2) is 26.8 Å². The number of para-hydroxylation sites is 2. The molecule has 0 fully saturated rings. The molecule has 0 unspecified atom stereocenters. The number of aromatic nitrogens is 3. The van der Waals surface area contributed by atoms with Crippen molar-refractivity contribution in [3.05, 3.63) is 71.7 Å². The zero-order chi connectivity index (χ0) is 20.9. The van der Waals surface area contributed by atoms with Gasteiger partial charge in [-0.15, -0.1) is 10.2 Å². The normalized spacial score (nSPS) is 12.2.